The summed E-state index contributed by atoms with van der Waals surface area (Å²) in [7, 11) is 5.06. The van der Waals surface area contributed by atoms with Crippen LogP contribution in [0.1, 0.15) is 15.9 Å². The normalized spacial score (nSPS) is 10.0. The summed E-state index contributed by atoms with van der Waals surface area (Å²) in [6, 6.07) is 16.5. The molecule has 0 bridgehead atoms. The first-order chi connectivity index (χ1) is 11.0. The van der Waals surface area contributed by atoms with Crippen LogP contribution in [0.5, 0.6) is 0 Å². The summed E-state index contributed by atoms with van der Waals surface area (Å²) in [5.74, 6) is -0.136. The standard InChI is InChI=1S/C18H21N3O2/c1-20(2)18(23)19-16-12-8-7-11-15(16)17(22)21(3)13-14-9-5-4-6-10-14/h4-12H,13H2,1-3H3,(H,19,23). The van der Waals surface area contributed by atoms with E-state index in [-0.39, 0.29) is 11.9 Å². The number of urea groups is 1. The van der Waals surface area contributed by atoms with E-state index in [4.69, 9.17) is 0 Å². The molecule has 1 N–H and O–H groups in total. The molecule has 0 aliphatic heterocycles. The zero-order chi connectivity index (χ0) is 16.8. The van der Waals surface area contributed by atoms with Gasteiger partial charge < -0.3 is 15.1 Å². The highest BCUT2D eigenvalue weighted by Crippen LogP contribution is 2.18. The molecule has 0 aromatic heterocycles. The van der Waals surface area contributed by atoms with Gasteiger partial charge in [-0.3, -0.25) is 4.79 Å². The second-order valence-corrected chi connectivity index (χ2v) is 5.52. The number of nitrogens with zero attached hydrogens (tertiary/aromatic N) is 2. The molecule has 0 unspecified atom stereocenters. The van der Waals surface area contributed by atoms with E-state index in [0.29, 0.717) is 17.8 Å². The molecule has 2 aromatic carbocycles. The topological polar surface area (TPSA) is 52.7 Å². The van der Waals surface area contributed by atoms with Crippen molar-refractivity contribution in [2.24, 2.45) is 0 Å². The molecule has 0 spiro atoms. The summed E-state index contributed by atoms with van der Waals surface area (Å²) < 4.78 is 0. The summed E-state index contributed by atoms with van der Waals surface area (Å²) in [5, 5.41) is 2.75. The van der Waals surface area contributed by atoms with Gasteiger partial charge in [-0.15, -0.1) is 0 Å². The summed E-state index contributed by atoms with van der Waals surface area (Å²) in [4.78, 5) is 27.6. The SMILES string of the molecule is CN(C)C(=O)Nc1ccccc1C(=O)N(C)Cc1ccccc1. The average Bonchev–Trinajstić information content (AvgIpc) is 2.55. The van der Waals surface area contributed by atoms with E-state index in [9.17, 15) is 9.59 Å². The average molecular weight is 311 g/mol. The van der Waals surface area contributed by atoms with E-state index in [0.717, 1.165) is 5.56 Å². The van der Waals surface area contributed by atoms with Crippen LogP contribution in [0.25, 0.3) is 0 Å². The Kier molecular flexibility index (Phi) is 5.36. The molecule has 0 atom stereocenters. The minimum Gasteiger partial charge on any atom is -0.337 e. The van der Waals surface area contributed by atoms with Crippen LogP contribution in [0, 0.1) is 0 Å². The maximum atomic E-state index is 12.7. The summed E-state index contributed by atoms with van der Waals surface area (Å²) in [6.07, 6.45) is 0. The minimum atomic E-state index is -0.268. The van der Waals surface area contributed by atoms with Gasteiger partial charge in [0.05, 0.1) is 11.3 Å². The van der Waals surface area contributed by atoms with Crippen LogP contribution in [0.2, 0.25) is 0 Å². The molecule has 5 nitrogen and oxygen atoms in total. The number of carbonyl (C=O) groups is 2. The summed E-state index contributed by atoms with van der Waals surface area (Å²) in [5.41, 5.74) is 2.04. The first-order valence-corrected chi connectivity index (χ1v) is 7.35. The fourth-order valence-corrected chi connectivity index (χ4v) is 2.14. The lowest BCUT2D eigenvalue weighted by atomic mass is 10.1. The molecule has 0 saturated heterocycles. The molecule has 0 radical (unpaired) electrons. The Labute approximate surface area is 136 Å². The zero-order valence-corrected chi connectivity index (χ0v) is 13.6. The van der Waals surface area contributed by atoms with Gasteiger partial charge in [0, 0.05) is 27.7 Å². The second-order valence-electron chi connectivity index (χ2n) is 5.52. The van der Waals surface area contributed by atoms with Gasteiger partial charge in [0.15, 0.2) is 0 Å². The van der Waals surface area contributed by atoms with Crippen LogP contribution in [-0.4, -0.2) is 42.9 Å². The number of amides is 3. The van der Waals surface area contributed by atoms with Crippen molar-refractivity contribution in [1.29, 1.82) is 0 Å². The van der Waals surface area contributed by atoms with Crippen molar-refractivity contribution in [3.05, 3.63) is 65.7 Å². The lowest BCUT2D eigenvalue weighted by Gasteiger charge is -2.20. The van der Waals surface area contributed by atoms with Gasteiger partial charge >= 0.3 is 6.03 Å². The Morgan fingerprint density at radius 2 is 1.52 bits per heavy atom. The number of benzene rings is 2. The fourth-order valence-electron chi connectivity index (χ4n) is 2.14. The third-order valence-corrected chi connectivity index (χ3v) is 3.41. The highest BCUT2D eigenvalue weighted by Gasteiger charge is 2.17. The summed E-state index contributed by atoms with van der Waals surface area (Å²) in [6.45, 7) is 0.510. The Morgan fingerprint density at radius 3 is 2.17 bits per heavy atom. The van der Waals surface area contributed by atoms with Gasteiger partial charge in [0.1, 0.15) is 0 Å². The lowest BCUT2D eigenvalue weighted by Crippen LogP contribution is -2.30. The fraction of sp³-hybridized carbons (Fsp3) is 0.222. The first kappa shape index (κ1) is 16.5. The second kappa shape index (κ2) is 7.45. The van der Waals surface area contributed by atoms with E-state index in [1.807, 2.05) is 30.3 Å². The van der Waals surface area contributed by atoms with Gasteiger partial charge in [0.25, 0.3) is 5.91 Å². The minimum absolute atomic E-state index is 0.136. The number of hydrogen-bond donors (Lipinski definition) is 1. The van der Waals surface area contributed by atoms with Crippen molar-refractivity contribution in [2.45, 2.75) is 6.54 Å². The van der Waals surface area contributed by atoms with Crippen molar-refractivity contribution >= 4 is 17.6 Å². The van der Waals surface area contributed by atoms with Crippen molar-refractivity contribution < 1.29 is 9.59 Å². The van der Waals surface area contributed by atoms with Gasteiger partial charge in [-0.2, -0.15) is 0 Å². The monoisotopic (exact) mass is 311 g/mol. The smallest absolute Gasteiger partial charge is 0.321 e. The van der Waals surface area contributed by atoms with Crippen LogP contribution in [0.3, 0.4) is 0 Å². The van der Waals surface area contributed by atoms with Crippen LogP contribution >= 0.6 is 0 Å². The van der Waals surface area contributed by atoms with Crippen LogP contribution in [-0.2, 0) is 6.54 Å². The van der Waals surface area contributed by atoms with Crippen molar-refractivity contribution in [3.8, 4) is 0 Å². The van der Waals surface area contributed by atoms with E-state index in [1.54, 1.807) is 50.3 Å². The Bertz CT molecular complexity index is 684. The molecule has 0 aliphatic carbocycles. The van der Waals surface area contributed by atoms with E-state index in [2.05, 4.69) is 5.32 Å². The van der Waals surface area contributed by atoms with Gasteiger partial charge in [-0.05, 0) is 17.7 Å². The number of carbonyl (C=O) groups excluding carboxylic acids is 2. The van der Waals surface area contributed by atoms with E-state index >= 15 is 0 Å². The van der Waals surface area contributed by atoms with Crippen molar-refractivity contribution in [3.63, 3.8) is 0 Å². The molecule has 2 rings (SSSR count). The Balaban J connectivity index is 2.17. The van der Waals surface area contributed by atoms with E-state index < -0.39 is 0 Å². The molecule has 0 aliphatic rings. The molecule has 23 heavy (non-hydrogen) atoms. The van der Waals surface area contributed by atoms with Crippen molar-refractivity contribution in [1.82, 2.24) is 9.80 Å². The number of para-hydroxylation sites is 1. The molecule has 0 heterocycles. The maximum absolute atomic E-state index is 12.7. The van der Waals surface area contributed by atoms with Crippen LogP contribution in [0.15, 0.2) is 54.6 Å². The quantitative estimate of drug-likeness (QED) is 0.943. The molecular formula is C18H21N3O2. The highest BCUT2D eigenvalue weighted by atomic mass is 16.2. The third-order valence-electron chi connectivity index (χ3n) is 3.41. The predicted molar refractivity (Wildman–Crippen MR) is 91.4 cm³/mol. The number of nitrogens with one attached hydrogen (secondary N) is 1. The zero-order valence-electron chi connectivity index (χ0n) is 13.6. The maximum Gasteiger partial charge on any atom is 0.321 e. The first-order valence-electron chi connectivity index (χ1n) is 7.35. The largest absolute Gasteiger partial charge is 0.337 e. The highest BCUT2D eigenvalue weighted by molar-refractivity contribution is 6.03. The van der Waals surface area contributed by atoms with Crippen LogP contribution < -0.4 is 5.32 Å². The molecule has 2 aromatic rings. The summed E-state index contributed by atoms with van der Waals surface area (Å²) >= 11 is 0. The Hall–Kier alpha value is -2.82. The number of hydrogen-bond acceptors (Lipinski definition) is 2. The van der Waals surface area contributed by atoms with Crippen LogP contribution in [0.4, 0.5) is 10.5 Å². The predicted octanol–water partition coefficient (Wildman–Crippen LogP) is 3.05. The van der Waals surface area contributed by atoms with Gasteiger partial charge in [0.2, 0.25) is 0 Å². The number of rotatable bonds is 4. The molecule has 5 heteroatoms. The lowest BCUT2D eigenvalue weighted by molar-refractivity contribution is 0.0786. The third kappa shape index (κ3) is 4.32. The molecule has 0 fully saturated rings. The molecule has 3 amide bonds. The molecular weight excluding hydrogens is 290 g/mol. The van der Waals surface area contributed by atoms with E-state index in [1.165, 1.54) is 4.90 Å². The van der Waals surface area contributed by atoms with Gasteiger partial charge in [-0.25, -0.2) is 4.79 Å². The van der Waals surface area contributed by atoms with Crippen molar-refractivity contribution in [2.75, 3.05) is 26.5 Å². The van der Waals surface area contributed by atoms with Gasteiger partial charge in [-0.1, -0.05) is 42.5 Å². The molecule has 120 valence electrons. The number of anilines is 1. The molecule has 0 saturated carbocycles. The Morgan fingerprint density at radius 1 is 0.913 bits per heavy atom.